The van der Waals surface area contributed by atoms with Gasteiger partial charge >= 0.3 is 0 Å². The monoisotopic (exact) mass is 189 g/mol. The highest BCUT2D eigenvalue weighted by molar-refractivity contribution is 5.27. The molecule has 2 rings (SSSR count). The van der Waals surface area contributed by atoms with Crippen LogP contribution in [0.15, 0.2) is 30.3 Å². The van der Waals surface area contributed by atoms with Crippen molar-refractivity contribution in [1.29, 1.82) is 0 Å². The predicted octanol–water partition coefficient (Wildman–Crippen LogP) is 2.79. The molecule has 0 saturated heterocycles. The van der Waals surface area contributed by atoms with Crippen LogP contribution in [-0.4, -0.2) is 12.6 Å². The first-order valence-corrected chi connectivity index (χ1v) is 5.55. The van der Waals surface area contributed by atoms with Gasteiger partial charge in [0.15, 0.2) is 0 Å². The summed E-state index contributed by atoms with van der Waals surface area (Å²) in [4.78, 5) is 0. The van der Waals surface area contributed by atoms with Crippen LogP contribution in [0.25, 0.3) is 0 Å². The molecule has 0 aliphatic heterocycles. The van der Waals surface area contributed by atoms with E-state index < -0.39 is 0 Å². The molecule has 0 unspecified atom stereocenters. The summed E-state index contributed by atoms with van der Waals surface area (Å²) in [5, 5.41) is 3.60. The highest BCUT2D eigenvalue weighted by Crippen LogP contribution is 2.40. The van der Waals surface area contributed by atoms with Crippen LogP contribution >= 0.6 is 0 Å². The van der Waals surface area contributed by atoms with Crippen LogP contribution in [0, 0.1) is 5.92 Å². The molecule has 2 atom stereocenters. The SMILES string of the molecule is CC(C)CN[C@@H]1C[C@H]1c1ccccc1. The lowest BCUT2D eigenvalue weighted by Crippen LogP contribution is -2.22. The van der Waals surface area contributed by atoms with Gasteiger partial charge in [0.05, 0.1) is 0 Å². The first-order chi connectivity index (χ1) is 6.77. The number of rotatable bonds is 4. The fourth-order valence-corrected chi connectivity index (χ4v) is 1.88. The van der Waals surface area contributed by atoms with Gasteiger partial charge < -0.3 is 5.32 Å². The average Bonchev–Trinajstić information content (AvgIpc) is 2.95. The zero-order valence-electron chi connectivity index (χ0n) is 9.03. The molecule has 1 aromatic rings. The van der Waals surface area contributed by atoms with Crippen LogP contribution in [-0.2, 0) is 0 Å². The maximum atomic E-state index is 3.60. The van der Waals surface area contributed by atoms with Gasteiger partial charge in [0.2, 0.25) is 0 Å². The van der Waals surface area contributed by atoms with E-state index in [0.717, 1.165) is 24.4 Å². The molecule has 1 nitrogen and oxygen atoms in total. The molecule has 76 valence electrons. The molecule has 1 saturated carbocycles. The normalized spacial score (nSPS) is 25.4. The van der Waals surface area contributed by atoms with E-state index in [1.54, 1.807) is 0 Å². The third-order valence-electron chi connectivity index (χ3n) is 2.81. The molecule has 0 aromatic heterocycles. The van der Waals surface area contributed by atoms with Gasteiger partial charge in [-0.05, 0) is 24.4 Å². The summed E-state index contributed by atoms with van der Waals surface area (Å²) >= 11 is 0. The highest BCUT2D eigenvalue weighted by Gasteiger charge is 2.37. The van der Waals surface area contributed by atoms with Crippen LogP contribution in [0.4, 0.5) is 0 Å². The van der Waals surface area contributed by atoms with Gasteiger partial charge in [0, 0.05) is 12.0 Å². The Morgan fingerprint density at radius 1 is 1.29 bits per heavy atom. The molecule has 1 aliphatic carbocycles. The molecule has 1 aliphatic rings. The van der Waals surface area contributed by atoms with E-state index in [9.17, 15) is 0 Å². The number of hydrogen-bond acceptors (Lipinski definition) is 1. The van der Waals surface area contributed by atoms with Gasteiger partial charge in [-0.2, -0.15) is 0 Å². The standard InChI is InChI=1S/C13H19N/c1-10(2)9-14-13-8-12(13)11-6-4-3-5-7-11/h3-7,10,12-14H,8-9H2,1-2H3/t12-,13+/m0/s1. The van der Waals surface area contributed by atoms with Crippen molar-refractivity contribution in [2.45, 2.75) is 32.2 Å². The third-order valence-corrected chi connectivity index (χ3v) is 2.81. The molecule has 0 spiro atoms. The van der Waals surface area contributed by atoms with Crippen molar-refractivity contribution in [3.8, 4) is 0 Å². The van der Waals surface area contributed by atoms with Crippen LogP contribution in [0.1, 0.15) is 31.7 Å². The molecular formula is C13H19N. The Labute approximate surface area is 86.5 Å². The fourth-order valence-electron chi connectivity index (χ4n) is 1.88. The predicted molar refractivity (Wildman–Crippen MR) is 60.4 cm³/mol. The van der Waals surface area contributed by atoms with Gasteiger partial charge in [-0.15, -0.1) is 0 Å². The van der Waals surface area contributed by atoms with Gasteiger partial charge in [0.1, 0.15) is 0 Å². The maximum absolute atomic E-state index is 3.60. The van der Waals surface area contributed by atoms with Crippen molar-refractivity contribution in [2.75, 3.05) is 6.54 Å². The second kappa shape index (κ2) is 4.14. The van der Waals surface area contributed by atoms with Crippen LogP contribution in [0.2, 0.25) is 0 Å². The van der Waals surface area contributed by atoms with E-state index in [1.807, 2.05) is 0 Å². The van der Waals surface area contributed by atoms with Crippen molar-refractivity contribution in [2.24, 2.45) is 5.92 Å². The number of nitrogens with one attached hydrogen (secondary N) is 1. The van der Waals surface area contributed by atoms with E-state index in [-0.39, 0.29) is 0 Å². The van der Waals surface area contributed by atoms with Crippen molar-refractivity contribution in [3.05, 3.63) is 35.9 Å². The summed E-state index contributed by atoms with van der Waals surface area (Å²) < 4.78 is 0. The second-order valence-electron chi connectivity index (χ2n) is 4.66. The zero-order valence-corrected chi connectivity index (χ0v) is 9.03. The molecule has 1 heteroatoms. The lowest BCUT2D eigenvalue weighted by atomic mass is 10.1. The van der Waals surface area contributed by atoms with E-state index in [1.165, 1.54) is 12.0 Å². The third kappa shape index (κ3) is 2.36. The lowest BCUT2D eigenvalue weighted by Gasteiger charge is -2.06. The summed E-state index contributed by atoms with van der Waals surface area (Å²) in [5.41, 5.74) is 1.49. The molecule has 0 heterocycles. The summed E-state index contributed by atoms with van der Waals surface area (Å²) in [7, 11) is 0. The Hall–Kier alpha value is -0.820. The second-order valence-corrected chi connectivity index (χ2v) is 4.66. The summed E-state index contributed by atoms with van der Waals surface area (Å²) in [5.74, 6) is 1.53. The molecule has 14 heavy (non-hydrogen) atoms. The fraction of sp³-hybridized carbons (Fsp3) is 0.538. The van der Waals surface area contributed by atoms with Crippen LogP contribution in [0.3, 0.4) is 0 Å². The minimum Gasteiger partial charge on any atom is -0.313 e. The van der Waals surface area contributed by atoms with E-state index in [0.29, 0.717) is 0 Å². The van der Waals surface area contributed by atoms with E-state index >= 15 is 0 Å². The molecule has 0 radical (unpaired) electrons. The smallest absolute Gasteiger partial charge is 0.0143 e. The van der Waals surface area contributed by atoms with Gasteiger partial charge in [-0.25, -0.2) is 0 Å². The summed E-state index contributed by atoms with van der Waals surface area (Å²) in [6.07, 6.45) is 1.32. The van der Waals surface area contributed by atoms with Gasteiger partial charge in [0.25, 0.3) is 0 Å². The first-order valence-electron chi connectivity index (χ1n) is 5.55. The Balaban J connectivity index is 1.82. The number of hydrogen-bond donors (Lipinski definition) is 1. The minimum atomic E-state index is 0.736. The summed E-state index contributed by atoms with van der Waals surface area (Å²) in [6.45, 7) is 5.66. The Morgan fingerprint density at radius 2 is 2.00 bits per heavy atom. The largest absolute Gasteiger partial charge is 0.313 e. The van der Waals surface area contributed by atoms with Crippen molar-refractivity contribution in [1.82, 2.24) is 5.32 Å². The van der Waals surface area contributed by atoms with Crippen molar-refractivity contribution in [3.63, 3.8) is 0 Å². The Bertz CT molecular complexity index is 279. The maximum Gasteiger partial charge on any atom is 0.0143 e. The molecule has 1 N–H and O–H groups in total. The minimum absolute atomic E-state index is 0.736. The van der Waals surface area contributed by atoms with Gasteiger partial charge in [-0.3, -0.25) is 0 Å². The molecule has 0 bridgehead atoms. The molecule has 0 amide bonds. The lowest BCUT2D eigenvalue weighted by molar-refractivity contribution is 0.545. The molecular weight excluding hydrogens is 170 g/mol. The van der Waals surface area contributed by atoms with Crippen molar-refractivity contribution < 1.29 is 0 Å². The molecule has 1 fully saturated rings. The topological polar surface area (TPSA) is 12.0 Å². The first kappa shape index (κ1) is 9.72. The van der Waals surface area contributed by atoms with Crippen LogP contribution < -0.4 is 5.32 Å². The Morgan fingerprint density at radius 3 is 2.64 bits per heavy atom. The zero-order chi connectivity index (χ0) is 9.97. The van der Waals surface area contributed by atoms with E-state index in [2.05, 4.69) is 49.5 Å². The van der Waals surface area contributed by atoms with E-state index in [4.69, 9.17) is 0 Å². The Kier molecular flexibility index (Phi) is 2.87. The number of benzene rings is 1. The quantitative estimate of drug-likeness (QED) is 0.768. The van der Waals surface area contributed by atoms with Crippen LogP contribution in [0.5, 0.6) is 0 Å². The van der Waals surface area contributed by atoms with Crippen molar-refractivity contribution >= 4 is 0 Å². The average molecular weight is 189 g/mol. The highest BCUT2D eigenvalue weighted by atomic mass is 15.0. The molecule has 1 aromatic carbocycles. The summed E-state index contributed by atoms with van der Waals surface area (Å²) in [6, 6.07) is 11.6. The van der Waals surface area contributed by atoms with Gasteiger partial charge in [-0.1, -0.05) is 44.2 Å².